The zero-order chi connectivity index (χ0) is 20.0. The SMILES string of the molecule is C#CCCC1(CCC(=O)NS(=O)(=O)N2CCN(Cc3ccccc3)CC2)N=N1. The largest absolute Gasteiger partial charge is 0.303 e. The fraction of sp³-hybridized carbons (Fsp3) is 0.526. The molecule has 2 aliphatic rings. The van der Waals surface area contributed by atoms with Crippen molar-refractivity contribution >= 4 is 16.1 Å². The Balaban J connectivity index is 1.42. The minimum absolute atomic E-state index is 0.0464. The first-order valence-corrected chi connectivity index (χ1v) is 10.8. The smallest absolute Gasteiger partial charge is 0.296 e. The Morgan fingerprint density at radius 1 is 1.14 bits per heavy atom. The van der Waals surface area contributed by atoms with Crippen LogP contribution in [0, 0.1) is 12.3 Å². The number of nitrogens with zero attached hydrogens (tertiary/aromatic N) is 4. The zero-order valence-electron chi connectivity index (χ0n) is 15.7. The van der Waals surface area contributed by atoms with Gasteiger partial charge in [-0.3, -0.25) is 9.69 Å². The molecule has 1 fully saturated rings. The predicted molar refractivity (Wildman–Crippen MR) is 105 cm³/mol. The highest BCUT2D eigenvalue weighted by Crippen LogP contribution is 2.37. The van der Waals surface area contributed by atoms with Crippen molar-refractivity contribution in [3.8, 4) is 12.3 Å². The van der Waals surface area contributed by atoms with Gasteiger partial charge in [-0.25, -0.2) is 4.72 Å². The lowest BCUT2D eigenvalue weighted by molar-refractivity contribution is -0.119. The molecule has 0 saturated carbocycles. The van der Waals surface area contributed by atoms with Crippen LogP contribution in [0.5, 0.6) is 0 Å². The van der Waals surface area contributed by atoms with Crippen LogP contribution >= 0.6 is 0 Å². The Kier molecular flexibility index (Phi) is 6.44. The van der Waals surface area contributed by atoms with E-state index in [1.807, 2.05) is 18.2 Å². The van der Waals surface area contributed by atoms with E-state index < -0.39 is 21.8 Å². The molecule has 1 N–H and O–H groups in total. The predicted octanol–water partition coefficient (Wildman–Crippen LogP) is 1.52. The quantitative estimate of drug-likeness (QED) is 0.633. The molecule has 0 radical (unpaired) electrons. The summed E-state index contributed by atoms with van der Waals surface area (Å²) in [4.78, 5) is 14.3. The van der Waals surface area contributed by atoms with Crippen molar-refractivity contribution in [1.82, 2.24) is 13.9 Å². The number of terminal acetylenes is 1. The first kappa shape index (κ1) is 20.5. The highest BCUT2D eigenvalue weighted by atomic mass is 32.2. The molecule has 0 bridgehead atoms. The molecule has 2 heterocycles. The number of carbonyl (C=O) groups is 1. The van der Waals surface area contributed by atoms with E-state index in [-0.39, 0.29) is 6.42 Å². The Bertz CT molecular complexity index is 849. The molecule has 0 atom stereocenters. The van der Waals surface area contributed by atoms with Gasteiger partial charge in [0.25, 0.3) is 0 Å². The van der Waals surface area contributed by atoms with Crippen LogP contribution in [0.4, 0.5) is 0 Å². The monoisotopic (exact) mass is 403 g/mol. The maximum Gasteiger partial charge on any atom is 0.303 e. The molecule has 0 spiro atoms. The van der Waals surface area contributed by atoms with Crippen molar-refractivity contribution in [2.45, 2.75) is 37.9 Å². The highest BCUT2D eigenvalue weighted by Gasteiger charge is 2.39. The summed E-state index contributed by atoms with van der Waals surface area (Å²) in [6.45, 7) is 2.74. The fourth-order valence-corrected chi connectivity index (χ4v) is 4.37. The first-order chi connectivity index (χ1) is 13.4. The van der Waals surface area contributed by atoms with Gasteiger partial charge in [-0.05, 0) is 5.56 Å². The Hall–Kier alpha value is -2.28. The van der Waals surface area contributed by atoms with Crippen LogP contribution in [0.2, 0.25) is 0 Å². The second kappa shape index (κ2) is 8.82. The van der Waals surface area contributed by atoms with Gasteiger partial charge in [-0.1, -0.05) is 30.3 Å². The van der Waals surface area contributed by atoms with Gasteiger partial charge in [0.15, 0.2) is 5.66 Å². The minimum atomic E-state index is -3.83. The third-order valence-electron chi connectivity index (χ3n) is 4.97. The van der Waals surface area contributed by atoms with Gasteiger partial charge in [-0.15, -0.1) is 12.3 Å². The van der Waals surface area contributed by atoms with E-state index in [1.54, 1.807) is 0 Å². The summed E-state index contributed by atoms with van der Waals surface area (Å²) < 4.78 is 28.4. The minimum Gasteiger partial charge on any atom is -0.296 e. The lowest BCUT2D eigenvalue weighted by Crippen LogP contribution is -2.52. The van der Waals surface area contributed by atoms with E-state index in [1.165, 1.54) is 9.87 Å². The lowest BCUT2D eigenvalue weighted by Gasteiger charge is -2.33. The maximum atomic E-state index is 12.5. The molecule has 0 aliphatic carbocycles. The zero-order valence-corrected chi connectivity index (χ0v) is 16.6. The molecule has 1 saturated heterocycles. The summed E-state index contributed by atoms with van der Waals surface area (Å²) in [7, 11) is -3.83. The third-order valence-corrected chi connectivity index (χ3v) is 6.50. The summed E-state index contributed by atoms with van der Waals surface area (Å²) in [6, 6.07) is 10.1. The van der Waals surface area contributed by atoms with Crippen molar-refractivity contribution < 1.29 is 13.2 Å². The molecule has 0 aromatic heterocycles. The van der Waals surface area contributed by atoms with Gasteiger partial charge in [0.2, 0.25) is 5.91 Å². The van der Waals surface area contributed by atoms with Crippen molar-refractivity contribution in [3.63, 3.8) is 0 Å². The lowest BCUT2D eigenvalue weighted by atomic mass is 10.0. The average Bonchev–Trinajstić information content (AvgIpc) is 3.46. The van der Waals surface area contributed by atoms with Crippen LogP contribution in [0.15, 0.2) is 40.6 Å². The number of nitrogens with one attached hydrogen (secondary N) is 1. The van der Waals surface area contributed by atoms with E-state index in [0.717, 1.165) is 6.54 Å². The van der Waals surface area contributed by atoms with Crippen LogP contribution in [-0.4, -0.2) is 55.4 Å². The Labute approximate surface area is 166 Å². The molecule has 1 aromatic carbocycles. The highest BCUT2D eigenvalue weighted by molar-refractivity contribution is 7.87. The van der Waals surface area contributed by atoms with E-state index >= 15 is 0 Å². The molecule has 1 amide bonds. The third kappa shape index (κ3) is 5.61. The van der Waals surface area contributed by atoms with Crippen LogP contribution in [-0.2, 0) is 21.5 Å². The van der Waals surface area contributed by atoms with Crippen LogP contribution in [0.25, 0.3) is 0 Å². The van der Waals surface area contributed by atoms with E-state index in [0.29, 0.717) is 45.4 Å². The number of carbonyl (C=O) groups excluding carboxylic acids is 1. The number of rotatable bonds is 9. The van der Waals surface area contributed by atoms with E-state index in [4.69, 9.17) is 6.42 Å². The van der Waals surface area contributed by atoms with Gasteiger partial charge in [0, 0.05) is 58.4 Å². The molecule has 8 nitrogen and oxygen atoms in total. The second-order valence-corrected chi connectivity index (χ2v) is 8.75. The first-order valence-electron chi connectivity index (χ1n) is 9.37. The second-order valence-electron chi connectivity index (χ2n) is 7.08. The molecule has 9 heteroatoms. The van der Waals surface area contributed by atoms with Crippen LogP contribution in [0.1, 0.15) is 31.2 Å². The van der Waals surface area contributed by atoms with Crippen molar-refractivity contribution in [1.29, 1.82) is 0 Å². The van der Waals surface area contributed by atoms with E-state index in [2.05, 4.69) is 37.9 Å². The van der Waals surface area contributed by atoms with Crippen LogP contribution < -0.4 is 4.72 Å². The van der Waals surface area contributed by atoms with Gasteiger partial charge in [0.1, 0.15) is 0 Å². The molecular formula is C19H25N5O3S. The number of piperazine rings is 1. The molecule has 150 valence electrons. The van der Waals surface area contributed by atoms with E-state index in [9.17, 15) is 13.2 Å². The van der Waals surface area contributed by atoms with Gasteiger partial charge >= 0.3 is 10.2 Å². The summed E-state index contributed by atoms with van der Waals surface area (Å²) in [6.07, 6.45) is 6.78. The Morgan fingerprint density at radius 3 is 2.43 bits per heavy atom. The maximum absolute atomic E-state index is 12.5. The summed E-state index contributed by atoms with van der Waals surface area (Å²) >= 11 is 0. The number of hydrogen-bond acceptors (Lipinski definition) is 6. The van der Waals surface area contributed by atoms with Gasteiger partial charge < -0.3 is 0 Å². The number of amides is 1. The van der Waals surface area contributed by atoms with Gasteiger partial charge in [-0.2, -0.15) is 23.0 Å². The van der Waals surface area contributed by atoms with Crippen molar-refractivity contribution in [3.05, 3.63) is 35.9 Å². The van der Waals surface area contributed by atoms with Crippen LogP contribution in [0.3, 0.4) is 0 Å². The molecule has 2 aliphatic heterocycles. The number of benzene rings is 1. The van der Waals surface area contributed by atoms with Crippen molar-refractivity contribution in [2.24, 2.45) is 10.2 Å². The van der Waals surface area contributed by atoms with Crippen molar-refractivity contribution in [2.75, 3.05) is 26.2 Å². The topological polar surface area (TPSA) is 94.4 Å². The normalized spacial score (nSPS) is 19.1. The number of hydrogen-bond donors (Lipinski definition) is 1. The summed E-state index contributed by atoms with van der Waals surface area (Å²) in [5.74, 6) is 1.99. The Morgan fingerprint density at radius 2 is 1.82 bits per heavy atom. The standard InChI is InChI=1S/C19H25N5O3S/c1-2-3-10-19(21-22-19)11-9-18(25)20-28(26,27)24-14-12-23(13-15-24)16-17-7-5-4-6-8-17/h1,4-8H,3,9-16H2,(H,20,25). The fourth-order valence-electron chi connectivity index (χ4n) is 3.21. The molecule has 1 aromatic rings. The molecule has 28 heavy (non-hydrogen) atoms. The molecule has 3 rings (SSSR count). The summed E-state index contributed by atoms with van der Waals surface area (Å²) in [5, 5.41) is 7.91. The van der Waals surface area contributed by atoms with Gasteiger partial charge in [0.05, 0.1) is 0 Å². The summed E-state index contributed by atoms with van der Waals surface area (Å²) in [5.41, 5.74) is 0.609. The molecular weight excluding hydrogens is 378 g/mol. The average molecular weight is 404 g/mol. The molecule has 0 unspecified atom stereocenters.